The molecule has 9 aromatic rings. The second-order valence-corrected chi connectivity index (χ2v) is 11.9. The number of benzene rings is 6. The summed E-state index contributed by atoms with van der Waals surface area (Å²) in [6, 6.07) is 46.6. The van der Waals surface area contributed by atoms with Gasteiger partial charge in [0, 0.05) is 42.7 Å². The molecule has 6 aromatic carbocycles. The second kappa shape index (κ2) is 8.81. The van der Waals surface area contributed by atoms with Gasteiger partial charge < -0.3 is 9.13 Å². The molecule has 0 fully saturated rings. The van der Waals surface area contributed by atoms with Crippen LogP contribution in [-0.2, 0) is 0 Å². The normalized spacial score (nSPS) is 11.7. The van der Waals surface area contributed by atoms with Crippen LogP contribution in [0.5, 0.6) is 0 Å². The predicted molar refractivity (Wildman–Crippen MR) is 177 cm³/mol. The molecule has 0 atom stereocenters. The fourth-order valence-electron chi connectivity index (χ4n) is 6.72. The Morgan fingerprint density at radius 2 is 1.12 bits per heavy atom. The first kappa shape index (κ1) is 23.8. The maximum absolute atomic E-state index is 10.0. The van der Waals surface area contributed by atoms with Crippen molar-refractivity contribution in [1.82, 2.24) is 9.13 Å². The molecule has 0 aliphatic heterocycles. The maximum atomic E-state index is 10.0. The second-order valence-electron chi connectivity index (χ2n) is 10.8. The summed E-state index contributed by atoms with van der Waals surface area (Å²) in [6.07, 6.45) is 0. The number of fused-ring (bicyclic) bond motifs is 9. The molecule has 0 saturated carbocycles. The van der Waals surface area contributed by atoms with Gasteiger partial charge in [0.15, 0.2) is 0 Å². The minimum absolute atomic E-state index is 0.638. The van der Waals surface area contributed by atoms with Crippen LogP contribution in [0.3, 0.4) is 0 Å². The van der Waals surface area contributed by atoms with Crippen LogP contribution < -0.4 is 0 Å². The smallest absolute Gasteiger partial charge is 0.0992 e. The Balaban J connectivity index is 1.39. The summed E-state index contributed by atoms with van der Waals surface area (Å²) in [6.45, 7) is 0. The lowest BCUT2D eigenvalue weighted by molar-refractivity contribution is 1.17. The molecule has 0 spiro atoms. The third-order valence-corrected chi connectivity index (χ3v) is 9.75. The van der Waals surface area contributed by atoms with E-state index in [2.05, 4.69) is 118 Å². The number of nitriles is 2. The number of nitrogens with zero attached hydrogens (tertiary/aromatic N) is 4. The molecule has 43 heavy (non-hydrogen) atoms. The van der Waals surface area contributed by atoms with E-state index in [0.29, 0.717) is 11.1 Å². The van der Waals surface area contributed by atoms with Crippen LogP contribution in [0.25, 0.3) is 75.2 Å². The van der Waals surface area contributed by atoms with E-state index in [1.165, 1.54) is 14.8 Å². The Kier molecular flexibility index (Phi) is 4.87. The monoisotopic (exact) mass is 564 g/mol. The zero-order valence-electron chi connectivity index (χ0n) is 22.7. The summed E-state index contributed by atoms with van der Waals surface area (Å²) in [7, 11) is 0. The highest BCUT2D eigenvalue weighted by molar-refractivity contribution is 7.26. The molecule has 5 heteroatoms. The lowest BCUT2D eigenvalue weighted by atomic mass is 10.1. The number of para-hydroxylation sites is 2. The van der Waals surface area contributed by atoms with Crippen LogP contribution in [0.2, 0.25) is 0 Å². The number of hydrogen-bond acceptors (Lipinski definition) is 3. The Bertz CT molecular complexity index is 2710. The van der Waals surface area contributed by atoms with Crippen LogP contribution in [0.15, 0.2) is 121 Å². The largest absolute Gasteiger partial charge is 0.309 e. The van der Waals surface area contributed by atoms with Crippen molar-refractivity contribution in [2.75, 3.05) is 0 Å². The van der Waals surface area contributed by atoms with Crippen molar-refractivity contribution >= 4 is 75.1 Å². The molecule has 9 rings (SSSR count). The number of aromatic nitrogens is 2. The zero-order valence-corrected chi connectivity index (χ0v) is 23.6. The van der Waals surface area contributed by atoms with Crippen LogP contribution in [-0.4, -0.2) is 9.13 Å². The molecule has 198 valence electrons. The first-order chi connectivity index (χ1) is 21.2. The highest BCUT2D eigenvalue weighted by atomic mass is 32.1. The molecule has 0 aliphatic rings. The standard InChI is InChI=1S/C38H20N4S/c39-21-23-13-15-28-26-7-1-4-10-32(26)41(35(28)18-23)25-14-16-34-30(20-25)27-8-2-5-11-33(27)42(34)36-19-24(22-40)17-31-29-9-3-6-12-37(29)43-38(31)36/h1-20H. The molecular formula is C38H20N4S. The van der Waals surface area contributed by atoms with Gasteiger partial charge in [0.25, 0.3) is 0 Å². The topological polar surface area (TPSA) is 57.4 Å². The summed E-state index contributed by atoms with van der Waals surface area (Å²) in [5.74, 6) is 0. The lowest BCUT2D eigenvalue weighted by Gasteiger charge is -2.12. The maximum Gasteiger partial charge on any atom is 0.0992 e. The fraction of sp³-hybridized carbons (Fsp3) is 0. The zero-order chi connectivity index (χ0) is 28.7. The molecule has 3 heterocycles. The molecule has 0 N–H and O–H groups in total. The number of thiophene rings is 1. The molecule has 3 aromatic heterocycles. The average molecular weight is 565 g/mol. The van der Waals surface area contributed by atoms with Crippen LogP contribution in [0, 0.1) is 22.7 Å². The first-order valence-corrected chi connectivity index (χ1v) is 14.9. The van der Waals surface area contributed by atoms with Gasteiger partial charge in [0.05, 0.1) is 55.7 Å². The third-order valence-electron chi connectivity index (χ3n) is 8.55. The van der Waals surface area contributed by atoms with E-state index in [1.54, 1.807) is 11.3 Å². The van der Waals surface area contributed by atoms with Crippen molar-refractivity contribution in [2.24, 2.45) is 0 Å². The lowest BCUT2D eigenvalue weighted by Crippen LogP contribution is -1.97. The van der Waals surface area contributed by atoms with Gasteiger partial charge in [-0.1, -0.05) is 60.7 Å². The summed E-state index contributed by atoms with van der Waals surface area (Å²) in [5.41, 5.74) is 7.63. The Morgan fingerprint density at radius 3 is 1.91 bits per heavy atom. The first-order valence-electron chi connectivity index (χ1n) is 14.1. The quantitative estimate of drug-likeness (QED) is 0.210. The minimum Gasteiger partial charge on any atom is -0.309 e. The number of rotatable bonds is 2. The Labute approximate surface area is 250 Å². The number of hydrogen-bond donors (Lipinski definition) is 0. The van der Waals surface area contributed by atoms with E-state index >= 15 is 0 Å². The highest BCUT2D eigenvalue weighted by Crippen LogP contribution is 2.42. The van der Waals surface area contributed by atoms with E-state index < -0.39 is 0 Å². The van der Waals surface area contributed by atoms with Gasteiger partial charge >= 0.3 is 0 Å². The van der Waals surface area contributed by atoms with Crippen LogP contribution in [0.4, 0.5) is 0 Å². The van der Waals surface area contributed by atoms with Gasteiger partial charge in [-0.15, -0.1) is 11.3 Å². The molecule has 0 saturated heterocycles. The SMILES string of the molecule is N#Cc1cc(-n2c3ccccc3c3cc(-n4c5ccccc5c5ccc(C#N)cc54)ccc32)c2sc3ccccc3c2c1. The van der Waals surface area contributed by atoms with E-state index in [4.69, 9.17) is 0 Å². The van der Waals surface area contributed by atoms with Crippen molar-refractivity contribution in [3.8, 4) is 23.5 Å². The molecule has 0 amide bonds. The van der Waals surface area contributed by atoms with Gasteiger partial charge in [0.1, 0.15) is 0 Å². The van der Waals surface area contributed by atoms with Crippen molar-refractivity contribution in [3.05, 3.63) is 132 Å². The third kappa shape index (κ3) is 3.29. The molecule has 0 unspecified atom stereocenters. The van der Waals surface area contributed by atoms with Gasteiger partial charge in [-0.3, -0.25) is 0 Å². The van der Waals surface area contributed by atoms with Gasteiger partial charge in [0.2, 0.25) is 0 Å². The summed E-state index contributed by atoms with van der Waals surface area (Å²) >= 11 is 1.77. The van der Waals surface area contributed by atoms with Gasteiger partial charge in [-0.25, -0.2) is 0 Å². The van der Waals surface area contributed by atoms with E-state index in [9.17, 15) is 10.5 Å². The molecule has 0 bridgehead atoms. The average Bonchev–Trinajstić information content (AvgIpc) is 3.71. The highest BCUT2D eigenvalue weighted by Gasteiger charge is 2.19. The Hall–Kier alpha value is -5.88. The van der Waals surface area contributed by atoms with E-state index in [1.807, 2.05) is 24.3 Å². The van der Waals surface area contributed by atoms with E-state index in [-0.39, 0.29) is 0 Å². The summed E-state index contributed by atoms with van der Waals surface area (Å²) in [5, 5.41) is 26.6. The predicted octanol–water partition coefficient (Wildman–Crippen LogP) is 9.99. The summed E-state index contributed by atoms with van der Waals surface area (Å²) < 4.78 is 6.95. The molecule has 0 aliphatic carbocycles. The fourth-order valence-corrected chi connectivity index (χ4v) is 7.91. The molecular weight excluding hydrogens is 545 g/mol. The molecule has 4 nitrogen and oxygen atoms in total. The van der Waals surface area contributed by atoms with Crippen molar-refractivity contribution in [1.29, 1.82) is 10.5 Å². The minimum atomic E-state index is 0.638. The van der Waals surface area contributed by atoms with E-state index in [0.717, 1.165) is 60.4 Å². The van der Waals surface area contributed by atoms with Gasteiger partial charge in [-0.05, 0) is 60.7 Å². The van der Waals surface area contributed by atoms with Gasteiger partial charge in [-0.2, -0.15) is 10.5 Å². The Morgan fingerprint density at radius 1 is 0.465 bits per heavy atom. The summed E-state index contributed by atoms with van der Waals surface area (Å²) in [4.78, 5) is 0. The van der Waals surface area contributed by atoms with Crippen LogP contribution in [0.1, 0.15) is 11.1 Å². The van der Waals surface area contributed by atoms with Crippen molar-refractivity contribution in [3.63, 3.8) is 0 Å². The van der Waals surface area contributed by atoms with Crippen molar-refractivity contribution in [2.45, 2.75) is 0 Å². The van der Waals surface area contributed by atoms with Crippen molar-refractivity contribution < 1.29 is 0 Å². The molecule has 0 radical (unpaired) electrons. The van der Waals surface area contributed by atoms with Crippen LogP contribution >= 0.6 is 11.3 Å².